The first-order valence-corrected chi connectivity index (χ1v) is 7.42. The van der Waals surface area contributed by atoms with Gasteiger partial charge in [-0.15, -0.1) is 0 Å². The number of rotatable bonds is 13. The van der Waals surface area contributed by atoms with Gasteiger partial charge in [-0.2, -0.15) is 0 Å². The van der Waals surface area contributed by atoms with Gasteiger partial charge in [0, 0.05) is 18.8 Å². The van der Waals surface area contributed by atoms with Crippen LogP contribution in [0.15, 0.2) is 12.2 Å². The van der Waals surface area contributed by atoms with Crippen LogP contribution >= 0.6 is 0 Å². The van der Waals surface area contributed by atoms with E-state index in [9.17, 15) is 9.59 Å². The standard InChI is InChI=1S/C15H27NO5/c1-4-6-8-20-14(21-9-7-5-2)11-16-15(19)12(3)10-13(17)18/h14H,3-11H2,1-2H3,(H,16,19)(H,17,18). The van der Waals surface area contributed by atoms with Crippen molar-refractivity contribution in [3.8, 4) is 0 Å². The molecule has 21 heavy (non-hydrogen) atoms. The van der Waals surface area contributed by atoms with E-state index in [-0.39, 0.29) is 18.5 Å². The lowest BCUT2D eigenvalue weighted by Gasteiger charge is -2.19. The van der Waals surface area contributed by atoms with Gasteiger partial charge in [-0.25, -0.2) is 0 Å². The SMILES string of the molecule is C=C(CC(=O)O)C(=O)NCC(OCCCC)OCCCC. The van der Waals surface area contributed by atoms with E-state index in [1.54, 1.807) is 0 Å². The summed E-state index contributed by atoms with van der Waals surface area (Å²) in [4.78, 5) is 22.2. The minimum atomic E-state index is -1.08. The third-order valence-electron chi connectivity index (χ3n) is 2.72. The second kappa shape index (κ2) is 12.3. The van der Waals surface area contributed by atoms with Crippen molar-refractivity contribution >= 4 is 11.9 Å². The van der Waals surface area contributed by atoms with Crippen molar-refractivity contribution in [1.29, 1.82) is 0 Å². The van der Waals surface area contributed by atoms with Crippen molar-refractivity contribution in [2.45, 2.75) is 52.2 Å². The van der Waals surface area contributed by atoms with Gasteiger partial charge in [0.2, 0.25) is 5.91 Å². The van der Waals surface area contributed by atoms with Gasteiger partial charge in [-0.05, 0) is 12.8 Å². The van der Waals surface area contributed by atoms with Crippen LogP contribution in [-0.4, -0.2) is 43.0 Å². The Hall–Kier alpha value is -1.40. The molecule has 0 saturated heterocycles. The Balaban J connectivity index is 4.15. The van der Waals surface area contributed by atoms with E-state index in [4.69, 9.17) is 14.6 Å². The highest BCUT2D eigenvalue weighted by Gasteiger charge is 2.14. The molecule has 0 fully saturated rings. The summed E-state index contributed by atoms with van der Waals surface area (Å²) >= 11 is 0. The monoisotopic (exact) mass is 301 g/mol. The van der Waals surface area contributed by atoms with Gasteiger partial charge >= 0.3 is 5.97 Å². The molecule has 0 aliphatic heterocycles. The van der Waals surface area contributed by atoms with Crippen molar-refractivity contribution in [2.75, 3.05) is 19.8 Å². The van der Waals surface area contributed by atoms with E-state index in [1.807, 2.05) is 0 Å². The average molecular weight is 301 g/mol. The van der Waals surface area contributed by atoms with Gasteiger partial charge in [-0.3, -0.25) is 9.59 Å². The largest absolute Gasteiger partial charge is 0.481 e. The molecule has 0 rings (SSSR count). The highest BCUT2D eigenvalue weighted by molar-refractivity contribution is 5.96. The molecule has 0 aromatic rings. The molecule has 0 aliphatic carbocycles. The Labute approximate surface area is 126 Å². The van der Waals surface area contributed by atoms with Crippen molar-refractivity contribution in [1.82, 2.24) is 5.32 Å². The van der Waals surface area contributed by atoms with Crippen LogP contribution in [0.1, 0.15) is 46.0 Å². The Morgan fingerprint density at radius 2 is 1.67 bits per heavy atom. The molecule has 1 amide bonds. The topological polar surface area (TPSA) is 84.9 Å². The number of hydrogen-bond donors (Lipinski definition) is 2. The third kappa shape index (κ3) is 11.0. The molecule has 0 aromatic carbocycles. The van der Waals surface area contributed by atoms with Crippen molar-refractivity contribution < 1.29 is 24.2 Å². The van der Waals surface area contributed by atoms with Crippen LogP contribution < -0.4 is 5.32 Å². The fourth-order valence-corrected chi connectivity index (χ4v) is 1.45. The van der Waals surface area contributed by atoms with Crippen LogP contribution in [0.25, 0.3) is 0 Å². The van der Waals surface area contributed by atoms with Crippen molar-refractivity contribution in [2.24, 2.45) is 0 Å². The van der Waals surface area contributed by atoms with E-state index >= 15 is 0 Å². The Bertz CT molecular complexity index is 320. The lowest BCUT2D eigenvalue weighted by Crippen LogP contribution is -2.36. The molecule has 0 saturated carbocycles. The molecule has 0 heterocycles. The van der Waals surface area contributed by atoms with E-state index in [1.165, 1.54) is 0 Å². The highest BCUT2D eigenvalue weighted by atomic mass is 16.7. The van der Waals surface area contributed by atoms with Gasteiger partial charge in [0.1, 0.15) is 0 Å². The number of unbranched alkanes of at least 4 members (excludes halogenated alkanes) is 2. The van der Waals surface area contributed by atoms with Gasteiger partial charge in [0.15, 0.2) is 6.29 Å². The van der Waals surface area contributed by atoms with Crippen LogP contribution in [0.4, 0.5) is 0 Å². The Kier molecular flexibility index (Phi) is 11.5. The van der Waals surface area contributed by atoms with E-state index < -0.39 is 18.2 Å². The zero-order chi connectivity index (χ0) is 16.1. The zero-order valence-electron chi connectivity index (χ0n) is 13.0. The molecule has 0 aliphatic rings. The van der Waals surface area contributed by atoms with Gasteiger partial charge in [0.05, 0.1) is 13.0 Å². The normalized spacial score (nSPS) is 10.6. The summed E-state index contributed by atoms with van der Waals surface area (Å²) < 4.78 is 11.1. The maximum atomic E-state index is 11.7. The number of carbonyl (C=O) groups excluding carboxylic acids is 1. The zero-order valence-corrected chi connectivity index (χ0v) is 13.0. The molecule has 0 unspecified atom stereocenters. The van der Waals surface area contributed by atoms with Crippen molar-refractivity contribution in [3.05, 3.63) is 12.2 Å². The summed E-state index contributed by atoms with van der Waals surface area (Å²) in [5.41, 5.74) is 0.0170. The van der Waals surface area contributed by atoms with Crippen LogP contribution in [-0.2, 0) is 19.1 Å². The minimum Gasteiger partial charge on any atom is -0.481 e. The number of hydrogen-bond acceptors (Lipinski definition) is 4. The predicted octanol–water partition coefficient (Wildman–Crippen LogP) is 2.09. The molecule has 6 heteroatoms. The first-order valence-electron chi connectivity index (χ1n) is 7.42. The average Bonchev–Trinajstić information content (AvgIpc) is 2.43. The maximum Gasteiger partial charge on any atom is 0.308 e. The molecular formula is C15H27NO5. The fraction of sp³-hybridized carbons (Fsp3) is 0.733. The first-order chi connectivity index (χ1) is 10.0. The molecule has 0 spiro atoms. The molecule has 0 bridgehead atoms. The Morgan fingerprint density at radius 1 is 1.14 bits per heavy atom. The molecule has 0 aromatic heterocycles. The second-order valence-electron chi connectivity index (χ2n) is 4.76. The van der Waals surface area contributed by atoms with Gasteiger partial charge < -0.3 is 19.9 Å². The number of carbonyl (C=O) groups is 2. The predicted molar refractivity (Wildman–Crippen MR) is 79.9 cm³/mol. The number of carboxylic acids is 1. The minimum absolute atomic E-state index is 0.0170. The fourth-order valence-electron chi connectivity index (χ4n) is 1.45. The summed E-state index contributed by atoms with van der Waals surface area (Å²) in [6.07, 6.45) is 3.00. The molecule has 0 atom stereocenters. The number of carboxylic acid groups (broad SMARTS) is 1. The lowest BCUT2D eigenvalue weighted by atomic mass is 10.2. The smallest absolute Gasteiger partial charge is 0.308 e. The lowest BCUT2D eigenvalue weighted by molar-refractivity contribution is -0.145. The summed E-state index contributed by atoms with van der Waals surface area (Å²) in [5, 5.41) is 11.2. The molecule has 2 N–H and O–H groups in total. The summed E-state index contributed by atoms with van der Waals surface area (Å²) in [6.45, 7) is 8.90. The third-order valence-corrected chi connectivity index (χ3v) is 2.72. The first kappa shape index (κ1) is 19.6. The van der Waals surface area contributed by atoms with Crippen LogP contribution in [0.2, 0.25) is 0 Å². The summed E-state index contributed by atoms with van der Waals surface area (Å²) in [5.74, 6) is -1.56. The van der Waals surface area contributed by atoms with Crippen molar-refractivity contribution in [3.63, 3.8) is 0 Å². The number of ether oxygens (including phenoxy) is 2. The maximum absolute atomic E-state index is 11.7. The van der Waals surface area contributed by atoms with Crippen LogP contribution in [0.3, 0.4) is 0 Å². The number of amides is 1. The number of aliphatic carboxylic acids is 1. The Morgan fingerprint density at radius 3 is 2.10 bits per heavy atom. The quantitative estimate of drug-likeness (QED) is 0.309. The highest BCUT2D eigenvalue weighted by Crippen LogP contribution is 2.02. The summed E-state index contributed by atoms with van der Waals surface area (Å²) in [6, 6.07) is 0. The summed E-state index contributed by atoms with van der Waals surface area (Å²) in [7, 11) is 0. The van der Waals surface area contributed by atoms with E-state index in [2.05, 4.69) is 25.7 Å². The van der Waals surface area contributed by atoms with Gasteiger partial charge in [0.25, 0.3) is 0 Å². The number of nitrogens with one attached hydrogen (secondary N) is 1. The molecular weight excluding hydrogens is 274 g/mol. The van der Waals surface area contributed by atoms with E-state index in [0.29, 0.717) is 13.2 Å². The molecule has 122 valence electrons. The van der Waals surface area contributed by atoms with E-state index in [0.717, 1.165) is 25.7 Å². The van der Waals surface area contributed by atoms with Crippen LogP contribution in [0, 0.1) is 0 Å². The second-order valence-corrected chi connectivity index (χ2v) is 4.76. The molecule has 0 radical (unpaired) electrons. The molecule has 6 nitrogen and oxygen atoms in total. The van der Waals surface area contributed by atoms with Gasteiger partial charge in [-0.1, -0.05) is 33.3 Å². The van der Waals surface area contributed by atoms with Crippen LogP contribution in [0.5, 0.6) is 0 Å².